The Labute approximate surface area is 240 Å². The molecule has 1 heterocycles. The van der Waals surface area contributed by atoms with E-state index in [4.69, 9.17) is 19.4 Å². The number of amides is 2. The fourth-order valence-electron chi connectivity index (χ4n) is 5.03. The largest absolute Gasteiger partial charge is 0.459 e. The van der Waals surface area contributed by atoms with Crippen molar-refractivity contribution in [3.8, 4) is 11.8 Å². The highest BCUT2D eigenvalue weighted by molar-refractivity contribution is 6.06. The van der Waals surface area contributed by atoms with Gasteiger partial charge >= 0.3 is 5.97 Å². The van der Waals surface area contributed by atoms with Crippen molar-refractivity contribution < 1.29 is 38.9 Å². The van der Waals surface area contributed by atoms with Crippen LogP contribution < -0.4 is 10.6 Å². The topological polar surface area (TPSA) is 158 Å². The van der Waals surface area contributed by atoms with Crippen molar-refractivity contribution in [2.75, 3.05) is 26.4 Å². The van der Waals surface area contributed by atoms with Crippen molar-refractivity contribution in [2.24, 2.45) is 5.92 Å². The number of esters is 1. The molecule has 1 fully saturated rings. The summed E-state index contributed by atoms with van der Waals surface area (Å²) >= 11 is 0. The Hall–Kier alpha value is -3.39. The Bertz CT molecular complexity index is 1250. The highest BCUT2D eigenvalue weighted by atomic mass is 16.5. The maximum Gasteiger partial charge on any atom is 0.342 e. The van der Waals surface area contributed by atoms with Crippen LogP contribution in [-0.4, -0.2) is 71.6 Å². The third kappa shape index (κ3) is 9.32. The molecule has 1 aliphatic rings. The summed E-state index contributed by atoms with van der Waals surface area (Å²) in [5.41, 5.74) is 1.83. The van der Waals surface area contributed by atoms with Crippen LogP contribution in [-0.2, 0) is 27.2 Å². The number of hydrogen-bond acceptors (Lipinski definition) is 8. The average Bonchev–Trinajstić information content (AvgIpc) is 3.32. The first-order chi connectivity index (χ1) is 19.8. The second-order valence-electron chi connectivity index (χ2n) is 10.6. The van der Waals surface area contributed by atoms with Gasteiger partial charge in [0.05, 0.1) is 12.2 Å². The number of aliphatic hydroxyl groups is 3. The van der Waals surface area contributed by atoms with E-state index in [1.807, 2.05) is 0 Å². The maximum absolute atomic E-state index is 13.6. The molecule has 5 N–H and O–H groups in total. The molecule has 224 valence electrons. The first kappa shape index (κ1) is 32.1. The molecule has 10 nitrogen and oxygen atoms in total. The number of rotatable bonds is 13. The summed E-state index contributed by atoms with van der Waals surface area (Å²) in [6.07, 6.45) is 5.15. The van der Waals surface area contributed by atoms with E-state index in [1.165, 1.54) is 6.92 Å². The molecule has 1 aromatic heterocycles. The van der Waals surface area contributed by atoms with Gasteiger partial charge in [-0.3, -0.25) is 9.59 Å². The molecule has 0 aliphatic heterocycles. The van der Waals surface area contributed by atoms with E-state index in [1.54, 1.807) is 12.1 Å². The number of benzene rings is 1. The van der Waals surface area contributed by atoms with Crippen molar-refractivity contribution >= 4 is 28.8 Å². The van der Waals surface area contributed by atoms with Crippen LogP contribution >= 0.6 is 0 Å². The van der Waals surface area contributed by atoms with E-state index in [9.17, 15) is 19.5 Å². The van der Waals surface area contributed by atoms with Crippen LogP contribution in [0.15, 0.2) is 16.5 Å². The summed E-state index contributed by atoms with van der Waals surface area (Å²) in [7, 11) is 0. The van der Waals surface area contributed by atoms with Crippen LogP contribution in [0.5, 0.6) is 0 Å². The second kappa shape index (κ2) is 16.2. The monoisotopic (exact) mass is 570 g/mol. The zero-order valence-corrected chi connectivity index (χ0v) is 24.0. The number of ether oxygens (including phenoxy) is 1. The van der Waals surface area contributed by atoms with Crippen molar-refractivity contribution in [2.45, 2.75) is 83.8 Å². The molecule has 0 unspecified atom stereocenters. The predicted octanol–water partition coefficient (Wildman–Crippen LogP) is 2.37. The summed E-state index contributed by atoms with van der Waals surface area (Å²) in [6.45, 7) is 3.24. The van der Waals surface area contributed by atoms with E-state index in [0.717, 1.165) is 25.7 Å². The highest BCUT2D eigenvalue weighted by Gasteiger charge is 2.29. The minimum absolute atomic E-state index is 0.00741. The molecule has 0 bridgehead atoms. The zero-order valence-electron chi connectivity index (χ0n) is 24.0. The van der Waals surface area contributed by atoms with Gasteiger partial charge in [0.25, 0.3) is 0 Å². The van der Waals surface area contributed by atoms with Gasteiger partial charge in [0.1, 0.15) is 23.5 Å². The normalized spacial score (nSPS) is 17.4. The highest BCUT2D eigenvalue weighted by Crippen LogP contribution is 2.33. The van der Waals surface area contributed by atoms with Crippen LogP contribution in [0.1, 0.15) is 86.0 Å². The number of aliphatic hydroxyl groups excluding tert-OH is 3. The Kier molecular flexibility index (Phi) is 12.7. The maximum atomic E-state index is 13.6. The molecular formula is C31H42N2O8. The fraction of sp³-hybridized carbons (Fsp3) is 0.581. The van der Waals surface area contributed by atoms with Crippen molar-refractivity contribution in [3.63, 3.8) is 0 Å². The SMILES string of the molecule is CC(=O)N[C@@H](Cc1cc(C#CCCCO)c2oc(CCCO)c(C(=O)OC3CCC(C)CC3)c2c1)C(=O)NCCO. The molecule has 1 saturated carbocycles. The van der Waals surface area contributed by atoms with E-state index < -0.39 is 17.9 Å². The summed E-state index contributed by atoms with van der Waals surface area (Å²) in [5, 5.41) is 33.5. The van der Waals surface area contributed by atoms with E-state index in [-0.39, 0.29) is 50.4 Å². The van der Waals surface area contributed by atoms with Crippen LogP contribution in [0.25, 0.3) is 11.0 Å². The van der Waals surface area contributed by atoms with E-state index >= 15 is 0 Å². The number of furan rings is 1. The minimum atomic E-state index is -0.924. The van der Waals surface area contributed by atoms with Crippen LogP contribution in [0, 0.1) is 17.8 Å². The summed E-state index contributed by atoms with van der Waals surface area (Å²) in [4.78, 5) is 38.3. The number of fused-ring (bicyclic) bond motifs is 1. The molecule has 1 aliphatic carbocycles. The number of nitrogens with one attached hydrogen (secondary N) is 2. The Morgan fingerprint density at radius 1 is 1.07 bits per heavy atom. The molecule has 1 aromatic carbocycles. The van der Waals surface area contributed by atoms with Gasteiger partial charge in [-0.2, -0.15) is 0 Å². The number of unbranched alkanes of at least 4 members (excludes halogenated alkanes) is 1. The average molecular weight is 571 g/mol. The standard InChI is InChI=1S/C31H42N2O8/c1-20-9-11-24(12-10-20)40-31(39)28-25-18-22(19-26(33-21(2)37)30(38)32-13-16-36)17-23(7-4-3-5-14-34)29(25)41-27(28)8-6-15-35/h17-18,20,24,26,34-36H,3,5-6,8-16,19H2,1-2H3,(H,32,38)(H,33,37)/t20?,24?,26-/m0/s1. The van der Waals surface area contributed by atoms with Gasteiger partial charge in [0.15, 0.2) is 5.58 Å². The van der Waals surface area contributed by atoms with Gasteiger partial charge in [-0.05, 0) is 62.1 Å². The quantitative estimate of drug-likeness (QED) is 0.140. The van der Waals surface area contributed by atoms with Crippen molar-refractivity contribution in [1.29, 1.82) is 0 Å². The fourth-order valence-corrected chi connectivity index (χ4v) is 5.03. The lowest BCUT2D eigenvalue weighted by Gasteiger charge is -2.26. The lowest BCUT2D eigenvalue weighted by atomic mass is 9.89. The second-order valence-corrected chi connectivity index (χ2v) is 10.6. The Morgan fingerprint density at radius 3 is 2.46 bits per heavy atom. The lowest BCUT2D eigenvalue weighted by molar-refractivity contribution is -0.128. The van der Waals surface area contributed by atoms with Gasteiger partial charge in [0.2, 0.25) is 11.8 Å². The molecule has 0 spiro atoms. The smallest absolute Gasteiger partial charge is 0.342 e. The van der Waals surface area contributed by atoms with Crippen molar-refractivity contribution in [3.05, 3.63) is 34.6 Å². The third-order valence-corrected chi connectivity index (χ3v) is 7.15. The van der Waals surface area contributed by atoms with Crippen LogP contribution in [0.2, 0.25) is 0 Å². The van der Waals surface area contributed by atoms with E-state index in [2.05, 4.69) is 29.4 Å². The van der Waals surface area contributed by atoms with E-state index in [0.29, 0.717) is 59.5 Å². The molecule has 41 heavy (non-hydrogen) atoms. The molecule has 10 heteroatoms. The first-order valence-corrected chi connectivity index (χ1v) is 14.4. The molecule has 3 rings (SSSR count). The summed E-state index contributed by atoms with van der Waals surface area (Å²) in [6, 6.07) is 2.60. The van der Waals surface area contributed by atoms with Crippen LogP contribution in [0.4, 0.5) is 0 Å². The van der Waals surface area contributed by atoms with Crippen LogP contribution in [0.3, 0.4) is 0 Å². The molecule has 0 radical (unpaired) electrons. The van der Waals surface area contributed by atoms with Crippen molar-refractivity contribution in [1.82, 2.24) is 10.6 Å². The first-order valence-electron chi connectivity index (χ1n) is 14.4. The van der Waals surface area contributed by atoms with Gasteiger partial charge in [-0.25, -0.2) is 4.79 Å². The Morgan fingerprint density at radius 2 is 1.80 bits per heavy atom. The lowest BCUT2D eigenvalue weighted by Crippen LogP contribution is -2.48. The molecule has 0 saturated heterocycles. The number of hydrogen-bond donors (Lipinski definition) is 5. The number of carbonyl (C=O) groups is 3. The number of carbonyl (C=O) groups excluding carboxylic acids is 3. The van der Waals surface area contributed by atoms with Gasteiger partial charge in [-0.15, -0.1) is 0 Å². The summed E-state index contributed by atoms with van der Waals surface area (Å²) < 4.78 is 12.2. The minimum Gasteiger partial charge on any atom is -0.459 e. The number of aryl methyl sites for hydroxylation is 1. The zero-order chi connectivity index (χ0) is 29.8. The summed E-state index contributed by atoms with van der Waals surface area (Å²) in [5.74, 6) is 5.77. The van der Waals surface area contributed by atoms with Gasteiger partial charge in [-0.1, -0.05) is 18.8 Å². The van der Waals surface area contributed by atoms with Gasteiger partial charge in [0, 0.05) is 51.3 Å². The predicted molar refractivity (Wildman–Crippen MR) is 153 cm³/mol. The molecule has 2 amide bonds. The van der Waals surface area contributed by atoms with Gasteiger partial charge < -0.3 is 35.1 Å². The third-order valence-electron chi connectivity index (χ3n) is 7.15. The molecular weight excluding hydrogens is 528 g/mol. The molecule has 2 aromatic rings. The Balaban J connectivity index is 2.08. The molecule has 1 atom stereocenters.